The van der Waals surface area contributed by atoms with Crippen LogP contribution in [-0.4, -0.2) is 23.1 Å². The Bertz CT molecular complexity index is 268. The number of carbonyl (C=O) groups is 2. The molecule has 1 saturated heterocycles. The van der Waals surface area contributed by atoms with E-state index in [1.54, 1.807) is 0 Å². The van der Waals surface area contributed by atoms with Gasteiger partial charge in [0.2, 0.25) is 0 Å². The summed E-state index contributed by atoms with van der Waals surface area (Å²) in [5.41, 5.74) is 0. The van der Waals surface area contributed by atoms with E-state index in [1.165, 1.54) is 6.42 Å². The lowest BCUT2D eigenvalue weighted by atomic mass is 9.80. The number of esters is 1. The van der Waals surface area contributed by atoms with Crippen LogP contribution in [0.1, 0.15) is 38.5 Å². The second-order valence-electron chi connectivity index (χ2n) is 4.50. The second kappa shape index (κ2) is 4.21. The monoisotopic (exact) mass is 212 g/mol. The highest BCUT2D eigenvalue weighted by atomic mass is 16.6. The van der Waals surface area contributed by atoms with Gasteiger partial charge in [0.25, 0.3) is 0 Å². The van der Waals surface area contributed by atoms with Crippen LogP contribution in [0.3, 0.4) is 0 Å². The normalized spacial score (nSPS) is 32.7. The topological polar surface area (TPSA) is 63.6 Å². The summed E-state index contributed by atoms with van der Waals surface area (Å²) in [5.74, 6) is -1.58. The van der Waals surface area contributed by atoms with Gasteiger partial charge in [0.1, 0.15) is 12.0 Å². The summed E-state index contributed by atoms with van der Waals surface area (Å²) >= 11 is 0. The molecule has 15 heavy (non-hydrogen) atoms. The molecule has 0 unspecified atom stereocenters. The highest BCUT2D eigenvalue weighted by Gasteiger charge is 2.44. The minimum atomic E-state index is -0.892. The Morgan fingerprint density at radius 3 is 2.53 bits per heavy atom. The molecule has 0 amide bonds. The van der Waals surface area contributed by atoms with Gasteiger partial charge in [0, 0.05) is 0 Å². The molecule has 4 nitrogen and oxygen atoms in total. The second-order valence-corrected chi connectivity index (χ2v) is 4.50. The highest BCUT2D eigenvalue weighted by molar-refractivity contribution is 5.82. The van der Waals surface area contributed by atoms with E-state index in [1.807, 2.05) is 0 Å². The summed E-state index contributed by atoms with van der Waals surface area (Å²) < 4.78 is 5.15. The molecule has 2 atom stereocenters. The van der Waals surface area contributed by atoms with E-state index < -0.39 is 11.9 Å². The van der Waals surface area contributed by atoms with Crippen molar-refractivity contribution in [1.82, 2.24) is 0 Å². The lowest BCUT2D eigenvalue weighted by Gasteiger charge is -2.28. The van der Waals surface area contributed by atoms with Crippen molar-refractivity contribution >= 4 is 11.9 Å². The van der Waals surface area contributed by atoms with Gasteiger partial charge in [-0.2, -0.15) is 0 Å². The van der Waals surface area contributed by atoms with Crippen molar-refractivity contribution < 1.29 is 19.4 Å². The fourth-order valence-electron chi connectivity index (χ4n) is 2.69. The number of carboxylic acid groups (broad SMARTS) is 1. The van der Waals surface area contributed by atoms with Crippen molar-refractivity contribution in [1.29, 1.82) is 0 Å². The molecule has 0 spiro atoms. The number of carboxylic acids is 1. The summed E-state index contributed by atoms with van der Waals surface area (Å²) in [6.45, 7) is 0. The summed E-state index contributed by atoms with van der Waals surface area (Å²) in [6, 6.07) is 0. The zero-order chi connectivity index (χ0) is 10.8. The Labute approximate surface area is 88.6 Å². The van der Waals surface area contributed by atoms with Gasteiger partial charge in [-0.05, 0) is 18.8 Å². The first-order valence-electron chi connectivity index (χ1n) is 5.61. The molecule has 2 rings (SSSR count). The molecule has 0 aromatic heterocycles. The first-order valence-corrected chi connectivity index (χ1v) is 5.61. The lowest BCUT2D eigenvalue weighted by molar-refractivity contribution is -0.147. The lowest BCUT2D eigenvalue weighted by Crippen LogP contribution is -2.32. The van der Waals surface area contributed by atoms with Crippen molar-refractivity contribution in [2.75, 3.05) is 0 Å². The molecule has 1 heterocycles. The molecule has 2 aliphatic rings. The minimum absolute atomic E-state index is 0.0521. The highest BCUT2D eigenvalue weighted by Crippen LogP contribution is 2.36. The quantitative estimate of drug-likeness (QED) is 0.706. The van der Waals surface area contributed by atoms with Crippen molar-refractivity contribution in [3.63, 3.8) is 0 Å². The van der Waals surface area contributed by atoms with Gasteiger partial charge in [0.05, 0.1) is 6.42 Å². The van der Waals surface area contributed by atoms with Crippen molar-refractivity contribution in [2.45, 2.75) is 44.6 Å². The first-order chi connectivity index (χ1) is 7.18. The average molecular weight is 212 g/mol. The number of ether oxygens (including phenoxy) is 1. The number of carbonyl (C=O) groups excluding carboxylic acids is 1. The molecule has 1 N–H and O–H groups in total. The zero-order valence-electron chi connectivity index (χ0n) is 8.65. The SMILES string of the molecule is O=C1C[C@@H](C(=O)O)[C@@H](C2CCCCC2)O1. The predicted octanol–water partition coefficient (Wildman–Crippen LogP) is 1.58. The third-order valence-electron chi connectivity index (χ3n) is 3.48. The van der Waals surface area contributed by atoms with Gasteiger partial charge < -0.3 is 9.84 Å². The van der Waals surface area contributed by atoms with Crippen LogP contribution in [0.4, 0.5) is 0 Å². The third-order valence-corrected chi connectivity index (χ3v) is 3.48. The largest absolute Gasteiger partial charge is 0.481 e. The molecule has 2 fully saturated rings. The van der Waals surface area contributed by atoms with E-state index in [0.29, 0.717) is 0 Å². The Balaban J connectivity index is 2.05. The van der Waals surface area contributed by atoms with Crippen LogP contribution in [0.25, 0.3) is 0 Å². The fraction of sp³-hybridized carbons (Fsp3) is 0.818. The fourth-order valence-corrected chi connectivity index (χ4v) is 2.69. The molecule has 1 aliphatic heterocycles. The van der Waals surface area contributed by atoms with Crippen LogP contribution in [0.15, 0.2) is 0 Å². The van der Waals surface area contributed by atoms with E-state index in [9.17, 15) is 9.59 Å². The molecule has 0 bridgehead atoms. The molecule has 0 radical (unpaired) electrons. The van der Waals surface area contributed by atoms with Crippen molar-refractivity contribution in [2.24, 2.45) is 11.8 Å². The van der Waals surface area contributed by atoms with Gasteiger partial charge in [-0.1, -0.05) is 19.3 Å². The van der Waals surface area contributed by atoms with Crippen LogP contribution < -0.4 is 0 Å². The van der Waals surface area contributed by atoms with Crippen LogP contribution in [-0.2, 0) is 14.3 Å². The van der Waals surface area contributed by atoms with Gasteiger partial charge in [0.15, 0.2) is 0 Å². The molecule has 1 aliphatic carbocycles. The molecule has 84 valence electrons. The Kier molecular flexibility index (Phi) is 2.93. The molecule has 1 saturated carbocycles. The summed E-state index contributed by atoms with van der Waals surface area (Å²) in [4.78, 5) is 22.1. The number of rotatable bonds is 2. The molecular formula is C11H16O4. The third kappa shape index (κ3) is 2.13. The smallest absolute Gasteiger partial charge is 0.310 e. The maximum absolute atomic E-state index is 11.1. The maximum Gasteiger partial charge on any atom is 0.310 e. The van der Waals surface area contributed by atoms with Gasteiger partial charge in [-0.3, -0.25) is 9.59 Å². The van der Waals surface area contributed by atoms with Gasteiger partial charge in [-0.25, -0.2) is 0 Å². The minimum Gasteiger partial charge on any atom is -0.481 e. The standard InChI is InChI=1S/C11H16O4/c12-9-6-8(11(13)14)10(15-9)7-4-2-1-3-5-7/h7-8,10H,1-6H2,(H,13,14)/t8-,10-/m1/s1. The summed E-state index contributed by atoms with van der Waals surface area (Å²) in [5, 5.41) is 9.00. The number of hydrogen-bond acceptors (Lipinski definition) is 3. The van der Waals surface area contributed by atoms with Crippen LogP contribution in [0.2, 0.25) is 0 Å². The Morgan fingerprint density at radius 1 is 1.27 bits per heavy atom. The number of cyclic esters (lactones) is 1. The number of aliphatic carboxylic acids is 1. The maximum atomic E-state index is 11.1. The molecule has 4 heteroatoms. The molecule has 0 aromatic rings. The van der Waals surface area contributed by atoms with E-state index in [2.05, 4.69) is 0 Å². The molecule has 0 aromatic carbocycles. The van der Waals surface area contributed by atoms with Crippen molar-refractivity contribution in [3.05, 3.63) is 0 Å². The van der Waals surface area contributed by atoms with E-state index >= 15 is 0 Å². The first kappa shape index (κ1) is 10.5. The Morgan fingerprint density at radius 2 is 1.93 bits per heavy atom. The summed E-state index contributed by atoms with van der Waals surface area (Å²) in [6.07, 6.45) is 5.17. The van der Waals surface area contributed by atoms with E-state index in [0.717, 1.165) is 25.7 Å². The van der Waals surface area contributed by atoms with Crippen LogP contribution >= 0.6 is 0 Å². The van der Waals surface area contributed by atoms with Gasteiger partial charge >= 0.3 is 11.9 Å². The van der Waals surface area contributed by atoms with Crippen LogP contribution in [0.5, 0.6) is 0 Å². The van der Waals surface area contributed by atoms with E-state index in [4.69, 9.17) is 9.84 Å². The predicted molar refractivity (Wildman–Crippen MR) is 52.2 cm³/mol. The van der Waals surface area contributed by atoms with Crippen molar-refractivity contribution in [3.8, 4) is 0 Å². The van der Waals surface area contributed by atoms with Crippen LogP contribution in [0, 0.1) is 11.8 Å². The average Bonchev–Trinajstić information content (AvgIpc) is 2.62. The molecular weight excluding hydrogens is 196 g/mol. The Hall–Kier alpha value is -1.06. The van der Waals surface area contributed by atoms with Gasteiger partial charge in [-0.15, -0.1) is 0 Å². The number of hydrogen-bond donors (Lipinski definition) is 1. The van der Waals surface area contributed by atoms with E-state index in [-0.39, 0.29) is 24.4 Å². The summed E-state index contributed by atoms with van der Waals surface area (Å²) in [7, 11) is 0. The zero-order valence-corrected chi connectivity index (χ0v) is 8.65.